The number of likely N-dealkylation sites (N-methyl/N-ethyl adjacent to an activating group) is 5. The lowest BCUT2D eigenvalue weighted by molar-refractivity contribution is -0.148. The van der Waals surface area contributed by atoms with Crippen LogP contribution < -0.4 is 11.1 Å². The van der Waals surface area contributed by atoms with Crippen LogP contribution in [0.1, 0.15) is 19.3 Å². The average Bonchev–Trinajstić information content (AvgIpc) is 0.857. The van der Waals surface area contributed by atoms with E-state index in [2.05, 4.69) is 5.32 Å². The largest absolute Gasteiger partial charge is 0.447 e. The Balaban J connectivity index is 5.86. The maximum Gasteiger partial charge on any atom is 0.410 e. The third-order valence-corrected chi connectivity index (χ3v) is 15.4. The molecule has 100 heavy (non-hydrogen) atoms. The molecular formula is C58H113N9O33. The van der Waals surface area contributed by atoms with Crippen molar-refractivity contribution < 1.29 is 164 Å². The van der Waals surface area contributed by atoms with E-state index in [4.69, 9.17) is 44.4 Å². The van der Waals surface area contributed by atoms with Gasteiger partial charge in [-0.25, -0.2) is 4.79 Å². The number of hydrogen-bond acceptors (Lipinski definition) is 35. The van der Waals surface area contributed by atoms with E-state index in [0.29, 0.717) is 31.3 Å². The van der Waals surface area contributed by atoms with Gasteiger partial charge in [0, 0.05) is 61.4 Å². The predicted octanol–water partition coefficient (Wildman–Crippen LogP) is -15.5. The van der Waals surface area contributed by atoms with Crippen molar-refractivity contribution in [2.75, 3.05) is 206 Å². The molecule has 0 aromatic carbocycles. The van der Waals surface area contributed by atoms with Crippen molar-refractivity contribution >= 4 is 41.5 Å². The van der Waals surface area contributed by atoms with E-state index in [9.17, 15) is 125 Å². The number of nitrogens with two attached hydrogens (primary N) is 1. The van der Waals surface area contributed by atoms with Crippen LogP contribution in [0.15, 0.2) is 0 Å². The molecule has 0 aliphatic heterocycles. The molecule has 7 amide bonds. The molecule has 0 aromatic rings. The van der Waals surface area contributed by atoms with Gasteiger partial charge in [0.15, 0.2) is 0 Å². The van der Waals surface area contributed by atoms with Gasteiger partial charge < -0.3 is 171 Å². The first-order valence-electron chi connectivity index (χ1n) is 32.1. The van der Waals surface area contributed by atoms with Crippen molar-refractivity contribution in [1.29, 1.82) is 0 Å². The van der Waals surface area contributed by atoms with Crippen molar-refractivity contribution in [3.8, 4) is 0 Å². The van der Waals surface area contributed by atoms with Crippen LogP contribution in [0.3, 0.4) is 0 Å². The number of carbonyl (C=O) groups excluding carboxylic acids is 7. The SMILES string of the molecule is CN(CC(=O)NCCOCCOCCOC(=O)N(C[C@H](O)[C@@H](O)[C@H](O)[C@H](O)CO)C[C@H](O)[C@@H](O)[C@H](O)[C@H](O)CO)C(=O)CN(C)C(=O)CN(C)C(=O)C(CCCN(C[C@H](O)[C@@H](O)[C@H](O)[C@H](O)CO)C[C@H](O)[C@@H](O)[C@H](O)[C@H](O)CO)N(C)C(=O)CN(C)C(=O)CCOCCOCCOCCN. The van der Waals surface area contributed by atoms with E-state index in [1.807, 2.05) is 0 Å². The summed E-state index contributed by atoms with van der Waals surface area (Å²) < 4.78 is 31.9. The van der Waals surface area contributed by atoms with Gasteiger partial charge in [-0.15, -0.1) is 0 Å². The quantitative estimate of drug-likeness (QED) is 0.0251. The zero-order valence-electron chi connectivity index (χ0n) is 57.3. The zero-order chi connectivity index (χ0) is 76.4. The molecule has 0 aromatic heterocycles. The lowest BCUT2D eigenvalue weighted by Crippen LogP contribution is -2.54. The molecule has 0 heterocycles. The molecule has 0 radical (unpaired) electrons. The van der Waals surface area contributed by atoms with Crippen LogP contribution in [0.4, 0.5) is 4.79 Å². The van der Waals surface area contributed by atoms with Crippen molar-refractivity contribution in [1.82, 2.24) is 39.6 Å². The van der Waals surface area contributed by atoms with Crippen molar-refractivity contribution in [3.05, 3.63) is 0 Å². The summed E-state index contributed by atoms with van der Waals surface area (Å²) in [5.74, 6) is -4.28. The van der Waals surface area contributed by atoms with Gasteiger partial charge in [0.2, 0.25) is 35.4 Å². The number of aliphatic hydroxyl groups excluding tert-OH is 20. The summed E-state index contributed by atoms with van der Waals surface area (Å²) >= 11 is 0. The topological polar surface area (TPSA) is 640 Å². The molecule has 0 saturated heterocycles. The van der Waals surface area contributed by atoms with E-state index in [-0.39, 0.29) is 78.6 Å². The number of aliphatic hydroxyl groups is 20. The van der Waals surface area contributed by atoms with Crippen LogP contribution in [0.2, 0.25) is 0 Å². The molecule has 1 unspecified atom stereocenters. The predicted molar refractivity (Wildman–Crippen MR) is 341 cm³/mol. The standard InChI is InChI=1S/C58H113N9O33/c1-61(27-44(80)60-10-14-97-17-20-99-21-22-100-58(94)67(25-38(74)51(87)55(91)42(78)33-70)26-39(75)52(88)56(92)43(79)34-71)46(82)28-63(3)47(83)29-64(4)57(93)35(65(5)48(84)30-62(2)45(81)8-12-95-15-18-98-19-16-96-13-9-59)7-6-11-66(23-36(72)49(85)53(89)40(76)31-68)24-37(73)50(86)54(90)41(77)32-69/h35-43,49-56,68-79,85-92H,6-34,59H2,1-5H3,(H,60,80)/t35?,36-,37-,38-,39-,40+,41+,42+,43+,49+,50+,51+,52+,53+,54+,55+,56+/m0/s1. The Morgan fingerprint density at radius 1 is 0.390 bits per heavy atom. The third-order valence-electron chi connectivity index (χ3n) is 15.4. The summed E-state index contributed by atoms with van der Waals surface area (Å²) in [5.41, 5.74) is 5.38. The molecule has 0 bridgehead atoms. The zero-order valence-corrected chi connectivity index (χ0v) is 57.3. The van der Waals surface area contributed by atoms with E-state index >= 15 is 0 Å². The fourth-order valence-electron chi connectivity index (χ4n) is 8.98. The lowest BCUT2D eigenvalue weighted by atomic mass is 10.0. The molecule has 588 valence electrons. The number of amides is 7. The second-order valence-corrected chi connectivity index (χ2v) is 23.5. The number of nitrogens with one attached hydrogen (secondary N) is 1. The van der Waals surface area contributed by atoms with Gasteiger partial charge in [0.25, 0.3) is 0 Å². The smallest absolute Gasteiger partial charge is 0.410 e. The lowest BCUT2D eigenvalue weighted by Gasteiger charge is -2.35. The van der Waals surface area contributed by atoms with Gasteiger partial charge in [0.05, 0.1) is 150 Å². The Morgan fingerprint density at radius 2 is 0.730 bits per heavy atom. The first-order chi connectivity index (χ1) is 47.1. The Kier molecular flexibility index (Phi) is 50.2. The summed E-state index contributed by atoms with van der Waals surface area (Å²) in [5, 5.41) is 203. The molecule has 0 aliphatic carbocycles. The van der Waals surface area contributed by atoms with Gasteiger partial charge in [-0.3, -0.25) is 33.7 Å². The molecule has 17 atom stereocenters. The minimum atomic E-state index is -2.16. The van der Waals surface area contributed by atoms with Crippen molar-refractivity contribution in [2.24, 2.45) is 5.73 Å². The minimum Gasteiger partial charge on any atom is -0.447 e. The van der Waals surface area contributed by atoms with E-state index in [0.717, 1.165) is 24.5 Å². The summed E-state index contributed by atoms with van der Waals surface area (Å²) in [6.07, 6.45) is -34.4. The minimum absolute atomic E-state index is 0.0369. The van der Waals surface area contributed by atoms with Gasteiger partial charge in [-0.05, 0) is 19.4 Å². The van der Waals surface area contributed by atoms with E-state index in [1.54, 1.807) is 0 Å². The molecule has 23 N–H and O–H groups in total. The Bertz CT molecular complexity index is 2210. The number of hydrogen-bond donors (Lipinski definition) is 22. The maximum atomic E-state index is 14.4. The van der Waals surface area contributed by atoms with Gasteiger partial charge in [-0.2, -0.15) is 0 Å². The van der Waals surface area contributed by atoms with Gasteiger partial charge in [0.1, 0.15) is 98.1 Å². The summed E-state index contributed by atoms with van der Waals surface area (Å²) in [6.45, 7) is -9.11. The first kappa shape index (κ1) is 95.0. The van der Waals surface area contributed by atoms with Gasteiger partial charge >= 0.3 is 6.09 Å². The molecule has 42 heteroatoms. The fourth-order valence-corrected chi connectivity index (χ4v) is 8.98. The van der Waals surface area contributed by atoms with Crippen molar-refractivity contribution in [2.45, 2.75) is 123 Å². The number of nitrogens with zero attached hydrogens (tertiary/aromatic N) is 7. The Morgan fingerprint density at radius 3 is 1.15 bits per heavy atom. The molecule has 0 saturated carbocycles. The van der Waals surface area contributed by atoms with Crippen LogP contribution in [-0.2, 0) is 57.2 Å². The van der Waals surface area contributed by atoms with Crippen LogP contribution in [-0.4, -0.2) is 488 Å². The highest BCUT2D eigenvalue weighted by Gasteiger charge is 2.39. The molecular weight excluding hydrogens is 1350 g/mol. The van der Waals surface area contributed by atoms with Crippen LogP contribution in [0.25, 0.3) is 0 Å². The number of carbonyl (C=O) groups is 7. The Hall–Kier alpha value is -4.99. The summed E-state index contributed by atoms with van der Waals surface area (Å²) in [6, 6.07) is -1.44. The highest BCUT2D eigenvalue weighted by molar-refractivity contribution is 5.93. The highest BCUT2D eigenvalue weighted by Crippen LogP contribution is 2.17. The monoisotopic (exact) mass is 1460 g/mol. The summed E-state index contributed by atoms with van der Waals surface area (Å²) in [4.78, 5) is 101. The first-order valence-corrected chi connectivity index (χ1v) is 32.1. The second kappa shape index (κ2) is 52.9. The molecule has 0 aliphatic rings. The second-order valence-electron chi connectivity index (χ2n) is 23.5. The number of ether oxygens (including phenoxy) is 6. The highest BCUT2D eigenvalue weighted by atomic mass is 16.6. The number of rotatable bonds is 58. The maximum absolute atomic E-state index is 14.4. The third kappa shape index (κ3) is 36.9. The average molecular weight is 1460 g/mol. The molecule has 42 nitrogen and oxygen atoms in total. The molecule has 0 fully saturated rings. The Labute approximate surface area is 578 Å². The van der Waals surface area contributed by atoms with Crippen LogP contribution in [0, 0.1) is 0 Å². The van der Waals surface area contributed by atoms with Gasteiger partial charge in [-0.1, -0.05) is 0 Å². The normalized spacial score (nSPS) is 16.9. The summed E-state index contributed by atoms with van der Waals surface area (Å²) in [7, 11) is 6.30. The van der Waals surface area contributed by atoms with E-state index < -0.39 is 231 Å². The van der Waals surface area contributed by atoms with E-state index in [1.165, 1.54) is 40.1 Å². The van der Waals surface area contributed by atoms with Crippen LogP contribution >= 0.6 is 0 Å². The van der Waals surface area contributed by atoms with Crippen molar-refractivity contribution in [3.63, 3.8) is 0 Å². The van der Waals surface area contributed by atoms with Crippen LogP contribution in [0.5, 0.6) is 0 Å². The molecule has 0 spiro atoms. The fraction of sp³-hybridized carbons (Fsp3) is 0.879. The molecule has 0 rings (SSSR count).